The second kappa shape index (κ2) is 9.01. The van der Waals surface area contributed by atoms with Crippen LogP contribution < -0.4 is 10.4 Å². The Bertz CT molecular complexity index is 875. The quantitative estimate of drug-likeness (QED) is 0.775. The van der Waals surface area contributed by atoms with Gasteiger partial charge in [0.2, 0.25) is 0 Å². The smallest absolute Gasteiger partial charge is 0.292 e. The molecule has 1 aromatic heterocycles. The van der Waals surface area contributed by atoms with Gasteiger partial charge in [-0.05, 0) is 30.2 Å². The summed E-state index contributed by atoms with van der Waals surface area (Å²) in [6, 6.07) is 9.39. The molecule has 5 atom stereocenters. The van der Waals surface area contributed by atoms with E-state index in [4.69, 9.17) is 9.57 Å². The van der Waals surface area contributed by atoms with E-state index in [2.05, 4.69) is 6.92 Å². The van der Waals surface area contributed by atoms with E-state index in [-0.39, 0.29) is 41.8 Å². The third-order valence-corrected chi connectivity index (χ3v) is 6.10. The highest BCUT2D eigenvalue weighted by molar-refractivity contribution is 5.70. The summed E-state index contributed by atoms with van der Waals surface area (Å²) in [5.41, 5.74) is 1.09. The number of aliphatic hydroxyl groups excluding tert-OH is 1. The lowest BCUT2D eigenvalue weighted by Gasteiger charge is -2.42. The standard InChI is InChI=1S/C23H31NO5/c1-5-16(13-25)21-14(2)11-15(3)22(29-21)19-20(26)18(12-24(28-4)23(19)27)17-9-7-6-8-10-17/h6-10,12,14-16,21-22,25-26H,5,11,13H2,1-4H3/t14-,15+,16-,21-,22+/m0/s1. The average Bonchev–Trinajstić information content (AvgIpc) is 2.72. The monoisotopic (exact) mass is 401 g/mol. The van der Waals surface area contributed by atoms with Crippen molar-refractivity contribution in [3.05, 3.63) is 52.4 Å². The van der Waals surface area contributed by atoms with E-state index in [1.165, 1.54) is 13.3 Å². The maximum Gasteiger partial charge on any atom is 0.292 e. The van der Waals surface area contributed by atoms with Gasteiger partial charge in [-0.3, -0.25) is 4.79 Å². The van der Waals surface area contributed by atoms with E-state index in [0.29, 0.717) is 5.56 Å². The Balaban J connectivity index is 2.12. The largest absolute Gasteiger partial charge is 0.507 e. The minimum Gasteiger partial charge on any atom is -0.507 e. The Labute approximate surface area is 171 Å². The molecule has 1 aliphatic heterocycles. The first-order valence-electron chi connectivity index (χ1n) is 10.3. The first-order chi connectivity index (χ1) is 13.9. The number of aromatic nitrogens is 1. The highest BCUT2D eigenvalue weighted by Crippen LogP contribution is 2.44. The SMILES string of the molecule is CC[C@@H](CO)[C@H]1O[C@@H](c2c(O)c(-c3ccccc3)cn(OC)c2=O)[C@H](C)C[C@@H]1C. The van der Waals surface area contributed by atoms with Crippen molar-refractivity contribution < 1.29 is 19.8 Å². The predicted molar refractivity (Wildman–Crippen MR) is 112 cm³/mol. The van der Waals surface area contributed by atoms with Gasteiger partial charge in [-0.1, -0.05) is 51.1 Å². The zero-order valence-corrected chi connectivity index (χ0v) is 17.5. The maximum atomic E-state index is 13.1. The molecule has 1 aromatic carbocycles. The second-order valence-electron chi connectivity index (χ2n) is 8.05. The van der Waals surface area contributed by atoms with Gasteiger partial charge in [0.1, 0.15) is 12.9 Å². The number of ether oxygens (including phenoxy) is 1. The number of nitrogens with zero attached hydrogens (tertiary/aromatic N) is 1. The summed E-state index contributed by atoms with van der Waals surface area (Å²) >= 11 is 0. The van der Waals surface area contributed by atoms with Crippen LogP contribution in [0.3, 0.4) is 0 Å². The van der Waals surface area contributed by atoms with Crippen LogP contribution in [0.4, 0.5) is 0 Å². The molecule has 2 aromatic rings. The van der Waals surface area contributed by atoms with E-state index in [1.54, 1.807) is 0 Å². The van der Waals surface area contributed by atoms with Crippen LogP contribution in [0.15, 0.2) is 41.3 Å². The third kappa shape index (κ3) is 4.05. The van der Waals surface area contributed by atoms with Gasteiger partial charge in [-0.15, -0.1) is 0 Å². The molecule has 0 amide bonds. The van der Waals surface area contributed by atoms with Crippen LogP contribution >= 0.6 is 0 Å². The zero-order valence-electron chi connectivity index (χ0n) is 17.5. The lowest BCUT2D eigenvalue weighted by Crippen LogP contribution is -2.42. The highest BCUT2D eigenvalue weighted by Gasteiger charge is 2.40. The molecule has 0 unspecified atom stereocenters. The molecule has 0 aliphatic carbocycles. The van der Waals surface area contributed by atoms with Crippen LogP contribution in [0.5, 0.6) is 5.75 Å². The number of hydrogen-bond acceptors (Lipinski definition) is 5. The number of pyridine rings is 1. The predicted octanol–water partition coefficient (Wildman–Crippen LogP) is 3.40. The molecule has 2 N–H and O–H groups in total. The molecule has 0 radical (unpaired) electrons. The summed E-state index contributed by atoms with van der Waals surface area (Å²) in [6.07, 6.45) is 2.38. The number of hydrogen-bond donors (Lipinski definition) is 2. The Morgan fingerprint density at radius 2 is 1.93 bits per heavy atom. The van der Waals surface area contributed by atoms with Gasteiger partial charge in [0, 0.05) is 18.1 Å². The third-order valence-electron chi connectivity index (χ3n) is 6.10. The summed E-state index contributed by atoms with van der Waals surface area (Å²) in [7, 11) is 1.42. The average molecular weight is 402 g/mol. The molecule has 1 fully saturated rings. The highest BCUT2D eigenvalue weighted by atomic mass is 16.6. The molecule has 6 nitrogen and oxygen atoms in total. The molecule has 158 valence electrons. The molecular formula is C23H31NO5. The molecule has 29 heavy (non-hydrogen) atoms. The fraction of sp³-hybridized carbons (Fsp3) is 0.522. The molecule has 0 bridgehead atoms. The molecule has 0 spiro atoms. The van der Waals surface area contributed by atoms with Crippen molar-refractivity contribution in [3.8, 4) is 16.9 Å². The number of aromatic hydroxyl groups is 1. The van der Waals surface area contributed by atoms with Gasteiger partial charge in [0.05, 0.1) is 24.0 Å². The second-order valence-corrected chi connectivity index (χ2v) is 8.05. The first-order valence-corrected chi connectivity index (χ1v) is 10.3. The van der Waals surface area contributed by atoms with E-state index < -0.39 is 11.7 Å². The summed E-state index contributed by atoms with van der Waals surface area (Å²) in [5.74, 6) is 0.204. The number of benzene rings is 1. The van der Waals surface area contributed by atoms with Crippen molar-refractivity contribution in [3.63, 3.8) is 0 Å². The van der Waals surface area contributed by atoms with E-state index in [1.807, 2.05) is 44.2 Å². The van der Waals surface area contributed by atoms with Crippen LogP contribution in [-0.2, 0) is 4.74 Å². The zero-order chi connectivity index (χ0) is 21.1. The van der Waals surface area contributed by atoms with E-state index >= 15 is 0 Å². The van der Waals surface area contributed by atoms with Crippen LogP contribution in [0.2, 0.25) is 0 Å². The van der Waals surface area contributed by atoms with Gasteiger partial charge in [-0.2, -0.15) is 4.73 Å². The van der Waals surface area contributed by atoms with Crippen molar-refractivity contribution in [2.24, 2.45) is 17.8 Å². The minimum absolute atomic E-state index is 0.0101. The Kier molecular flexibility index (Phi) is 6.65. The normalized spacial score (nSPS) is 25.6. The maximum absolute atomic E-state index is 13.1. The molecule has 2 heterocycles. The van der Waals surface area contributed by atoms with Crippen LogP contribution in [0, 0.1) is 17.8 Å². The fourth-order valence-electron chi connectivity index (χ4n) is 4.50. The molecule has 6 heteroatoms. The molecule has 0 saturated carbocycles. The Morgan fingerprint density at radius 1 is 1.24 bits per heavy atom. The number of rotatable bonds is 6. The van der Waals surface area contributed by atoms with Gasteiger partial charge in [0.25, 0.3) is 5.56 Å². The summed E-state index contributed by atoms with van der Waals surface area (Å²) in [6.45, 7) is 6.20. The van der Waals surface area contributed by atoms with Crippen molar-refractivity contribution in [1.82, 2.24) is 4.73 Å². The fourth-order valence-corrected chi connectivity index (χ4v) is 4.50. The summed E-state index contributed by atoms with van der Waals surface area (Å²) in [5, 5.41) is 20.9. The van der Waals surface area contributed by atoms with Crippen LogP contribution in [-0.4, -0.2) is 34.8 Å². The molecule has 1 saturated heterocycles. The Morgan fingerprint density at radius 3 is 2.52 bits per heavy atom. The summed E-state index contributed by atoms with van der Waals surface area (Å²) < 4.78 is 7.55. The molecular weight excluding hydrogens is 370 g/mol. The van der Waals surface area contributed by atoms with Crippen molar-refractivity contribution in [2.45, 2.75) is 45.8 Å². The number of aliphatic hydroxyl groups is 1. The van der Waals surface area contributed by atoms with Crippen LogP contribution in [0.1, 0.15) is 45.3 Å². The summed E-state index contributed by atoms with van der Waals surface area (Å²) in [4.78, 5) is 18.4. The van der Waals surface area contributed by atoms with Gasteiger partial charge in [-0.25, -0.2) is 0 Å². The van der Waals surface area contributed by atoms with Crippen molar-refractivity contribution >= 4 is 0 Å². The van der Waals surface area contributed by atoms with Gasteiger partial charge >= 0.3 is 0 Å². The molecule has 3 rings (SSSR count). The molecule has 1 aliphatic rings. The van der Waals surface area contributed by atoms with Crippen molar-refractivity contribution in [1.29, 1.82) is 0 Å². The Hall–Kier alpha value is -2.31. The van der Waals surface area contributed by atoms with E-state index in [0.717, 1.165) is 23.1 Å². The first kappa shape index (κ1) is 21.4. The van der Waals surface area contributed by atoms with Gasteiger partial charge < -0.3 is 19.8 Å². The van der Waals surface area contributed by atoms with Crippen LogP contribution in [0.25, 0.3) is 11.1 Å². The minimum atomic E-state index is -0.575. The lowest BCUT2D eigenvalue weighted by molar-refractivity contribution is -0.141. The van der Waals surface area contributed by atoms with Gasteiger partial charge in [0.15, 0.2) is 0 Å². The van der Waals surface area contributed by atoms with Crippen molar-refractivity contribution in [2.75, 3.05) is 13.7 Å². The van der Waals surface area contributed by atoms with E-state index in [9.17, 15) is 15.0 Å². The lowest BCUT2D eigenvalue weighted by atomic mass is 9.78. The topological polar surface area (TPSA) is 80.9 Å².